The van der Waals surface area contributed by atoms with Crippen LogP contribution in [0.3, 0.4) is 0 Å². The van der Waals surface area contributed by atoms with Gasteiger partial charge >= 0.3 is 0 Å². The van der Waals surface area contributed by atoms with Crippen molar-refractivity contribution in [3.05, 3.63) is 0 Å². The van der Waals surface area contributed by atoms with Crippen molar-refractivity contribution in [3.63, 3.8) is 0 Å². The molecule has 0 aromatic rings. The van der Waals surface area contributed by atoms with Gasteiger partial charge in [-0.05, 0) is 58.9 Å². The zero-order valence-electron chi connectivity index (χ0n) is 14.1. The first-order valence-corrected chi connectivity index (χ1v) is 11.9. The summed E-state index contributed by atoms with van der Waals surface area (Å²) in [6, 6.07) is 2.51. The zero-order chi connectivity index (χ0) is 15.4. The number of nitrogens with zero attached hydrogens (tertiary/aromatic N) is 1. The molecule has 0 amide bonds. The molecule has 0 saturated heterocycles. The van der Waals surface area contributed by atoms with Gasteiger partial charge in [0.1, 0.15) is 5.91 Å². The Bertz CT molecular complexity index is 207. The van der Waals surface area contributed by atoms with Gasteiger partial charge in [-0.3, -0.25) is 0 Å². The van der Waals surface area contributed by atoms with Crippen LogP contribution in [-0.4, -0.2) is 50.8 Å². The van der Waals surface area contributed by atoms with Crippen LogP contribution in [0.5, 0.6) is 0 Å². The molecule has 0 aliphatic carbocycles. The summed E-state index contributed by atoms with van der Waals surface area (Å²) >= 11 is 0. The van der Waals surface area contributed by atoms with Crippen LogP contribution in [0.4, 0.5) is 0 Å². The topological polar surface area (TPSA) is 21.7 Å². The SMILES string of the molecule is CCOC(OCC)[SiH2]CCCSSN(C(C)C)C(C)C. The Morgan fingerprint density at radius 1 is 1.00 bits per heavy atom. The van der Waals surface area contributed by atoms with E-state index in [2.05, 4.69) is 32.0 Å². The van der Waals surface area contributed by atoms with Crippen LogP contribution in [0.2, 0.25) is 6.04 Å². The molecule has 0 spiro atoms. The minimum atomic E-state index is -0.256. The summed E-state index contributed by atoms with van der Waals surface area (Å²) in [6.45, 7) is 14.6. The second-order valence-corrected chi connectivity index (χ2v) is 9.60. The fourth-order valence-electron chi connectivity index (χ4n) is 1.93. The van der Waals surface area contributed by atoms with Crippen LogP contribution in [0.1, 0.15) is 48.0 Å². The van der Waals surface area contributed by atoms with Crippen LogP contribution in [0.15, 0.2) is 0 Å². The lowest BCUT2D eigenvalue weighted by atomic mass is 10.3. The van der Waals surface area contributed by atoms with Gasteiger partial charge in [0.05, 0.1) is 9.52 Å². The molecule has 0 rings (SSSR count). The minimum Gasteiger partial charge on any atom is -0.357 e. The third kappa shape index (κ3) is 10.5. The highest BCUT2D eigenvalue weighted by atomic mass is 33.1. The first-order valence-electron chi connectivity index (χ1n) is 7.83. The Balaban J connectivity index is 3.64. The fourth-order valence-corrected chi connectivity index (χ4v) is 6.80. The van der Waals surface area contributed by atoms with E-state index in [9.17, 15) is 0 Å². The van der Waals surface area contributed by atoms with Crippen LogP contribution < -0.4 is 0 Å². The van der Waals surface area contributed by atoms with Crippen molar-refractivity contribution in [2.45, 2.75) is 72.0 Å². The number of hydrogen-bond acceptors (Lipinski definition) is 5. The van der Waals surface area contributed by atoms with E-state index in [1.165, 1.54) is 18.2 Å². The van der Waals surface area contributed by atoms with Gasteiger partial charge in [-0.1, -0.05) is 16.8 Å². The molecule has 0 heterocycles. The summed E-state index contributed by atoms with van der Waals surface area (Å²) in [5.74, 6) is 1.35. The van der Waals surface area contributed by atoms with Gasteiger partial charge in [-0.15, -0.1) is 0 Å². The molecule has 0 unspecified atom stereocenters. The molecular formula is C14H33NO2S2Si. The molecule has 20 heavy (non-hydrogen) atoms. The molecule has 0 atom stereocenters. The largest absolute Gasteiger partial charge is 0.357 e. The molecule has 3 nitrogen and oxygen atoms in total. The number of rotatable bonds is 13. The van der Waals surface area contributed by atoms with E-state index in [0.717, 1.165) is 13.2 Å². The van der Waals surface area contributed by atoms with Gasteiger partial charge in [-0.2, -0.15) is 0 Å². The summed E-state index contributed by atoms with van der Waals surface area (Å²) < 4.78 is 13.7. The highest BCUT2D eigenvalue weighted by molar-refractivity contribution is 8.75. The minimum absolute atomic E-state index is 0.130. The Labute approximate surface area is 136 Å². The van der Waals surface area contributed by atoms with Crippen LogP contribution in [-0.2, 0) is 9.47 Å². The van der Waals surface area contributed by atoms with Gasteiger partial charge in [0.15, 0.2) is 0 Å². The molecule has 0 fully saturated rings. The second kappa shape index (κ2) is 13.5. The molecule has 6 heteroatoms. The monoisotopic (exact) mass is 339 g/mol. The maximum absolute atomic E-state index is 5.61. The third-order valence-corrected chi connectivity index (χ3v) is 7.54. The predicted molar refractivity (Wildman–Crippen MR) is 97.2 cm³/mol. The van der Waals surface area contributed by atoms with E-state index in [1.54, 1.807) is 0 Å². The molecule has 0 bridgehead atoms. The standard InChI is InChI=1S/C14H33NO2S2Si/c1-7-16-14(17-8-2)20-11-9-10-18-19-15(12(3)4)13(5)6/h12-14H,7-11,20H2,1-6H3. The first kappa shape index (κ1) is 20.8. The van der Waals surface area contributed by atoms with E-state index in [0.29, 0.717) is 12.1 Å². The van der Waals surface area contributed by atoms with Crippen molar-refractivity contribution in [1.29, 1.82) is 0 Å². The molecule has 0 aromatic heterocycles. The lowest BCUT2D eigenvalue weighted by molar-refractivity contribution is -0.0827. The van der Waals surface area contributed by atoms with Crippen LogP contribution in [0.25, 0.3) is 0 Å². The average molecular weight is 340 g/mol. The van der Waals surface area contributed by atoms with E-state index in [-0.39, 0.29) is 15.4 Å². The summed E-state index contributed by atoms with van der Waals surface area (Å²) in [6.07, 6.45) is 1.28. The second-order valence-electron chi connectivity index (χ2n) is 5.28. The number of hydrogen-bond donors (Lipinski definition) is 0. The van der Waals surface area contributed by atoms with Crippen molar-refractivity contribution < 1.29 is 9.47 Å². The lowest BCUT2D eigenvalue weighted by Crippen LogP contribution is -2.29. The summed E-state index contributed by atoms with van der Waals surface area (Å²) in [5, 5.41) is 0. The first-order chi connectivity index (χ1) is 9.52. The summed E-state index contributed by atoms with van der Waals surface area (Å²) in [4.78, 5) is 0. The van der Waals surface area contributed by atoms with E-state index < -0.39 is 0 Å². The Morgan fingerprint density at radius 3 is 2.00 bits per heavy atom. The van der Waals surface area contributed by atoms with Gasteiger partial charge < -0.3 is 9.47 Å². The van der Waals surface area contributed by atoms with Crippen LogP contribution in [0, 0.1) is 0 Å². The molecule has 0 aromatic carbocycles. The smallest absolute Gasteiger partial charge is 0.134 e. The zero-order valence-corrected chi connectivity index (χ0v) is 17.1. The third-order valence-electron chi connectivity index (χ3n) is 2.78. The quantitative estimate of drug-likeness (QED) is 0.167. The van der Waals surface area contributed by atoms with Crippen molar-refractivity contribution in [2.75, 3.05) is 19.0 Å². The van der Waals surface area contributed by atoms with Crippen molar-refractivity contribution in [2.24, 2.45) is 0 Å². The Morgan fingerprint density at radius 2 is 1.55 bits per heavy atom. The molecule has 0 saturated carbocycles. The van der Waals surface area contributed by atoms with Crippen LogP contribution >= 0.6 is 21.8 Å². The fraction of sp³-hybridized carbons (Fsp3) is 1.00. The maximum Gasteiger partial charge on any atom is 0.134 e. The average Bonchev–Trinajstić information content (AvgIpc) is 2.37. The summed E-state index contributed by atoms with van der Waals surface area (Å²) in [5.41, 5.74) is 0. The van der Waals surface area contributed by atoms with Gasteiger partial charge in [0.25, 0.3) is 0 Å². The van der Waals surface area contributed by atoms with Crippen molar-refractivity contribution in [3.8, 4) is 0 Å². The maximum atomic E-state index is 5.61. The van der Waals surface area contributed by atoms with Gasteiger partial charge in [-0.25, -0.2) is 4.31 Å². The Kier molecular flexibility index (Phi) is 14.0. The highest BCUT2D eigenvalue weighted by Crippen LogP contribution is 2.30. The molecule has 122 valence electrons. The molecule has 0 aliphatic rings. The Hall–Kier alpha value is 0.797. The van der Waals surface area contributed by atoms with E-state index in [4.69, 9.17) is 9.47 Å². The highest BCUT2D eigenvalue weighted by Gasteiger charge is 2.14. The predicted octanol–water partition coefficient (Wildman–Crippen LogP) is 3.74. The molecule has 0 N–H and O–H groups in total. The van der Waals surface area contributed by atoms with Gasteiger partial charge in [0.2, 0.25) is 0 Å². The van der Waals surface area contributed by atoms with Crippen molar-refractivity contribution >= 4 is 31.3 Å². The van der Waals surface area contributed by atoms with E-state index >= 15 is 0 Å². The van der Waals surface area contributed by atoms with Gasteiger partial charge in [0, 0.05) is 31.1 Å². The molecular weight excluding hydrogens is 306 g/mol. The lowest BCUT2D eigenvalue weighted by Gasteiger charge is -2.28. The normalized spacial score (nSPS) is 12.9. The van der Waals surface area contributed by atoms with Crippen molar-refractivity contribution in [1.82, 2.24) is 4.31 Å². The van der Waals surface area contributed by atoms with E-state index in [1.807, 2.05) is 35.6 Å². The number of ether oxygens (including phenoxy) is 2. The molecule has 0 radical (unpaired) electrons. The molecule has 0 aliphatic heterocycles. The summed E-state index contributed by atoms with van der Waals surface area (Å²) in [7, 11) is 3.64.